The second kappa shape index (κ2) is 9.37. The molecule has 0 aromatic carbocycles. The van der Waals surface area contributed by atoms with E-state index in [1.54, 1.807) is 0 Å². The maximum absolute atomic E-state index is 12.2. The molecule has 1 aliphatic rings. The van der Waals surface area contributed by atoms with Crippen molar-refractivity contribution in [2.24, 2.45) is 5.73 Å². The molecule has 124 valence electrons. The smallest absolute Gasteiger partial charge is 0.248 e. The van der Waals surface area contributed by atoms with Gasteiger partial charge >= 0.3 is 0 Å². The van der Waals surface area contributed by atoms with Gasteiger partial charge in [0.05, 0.1) is 0 Å². The fraction of sp³-hybridized carbons (Fsp3) is 0.692. The molecule has 1 fully saturated rings. The lowest BCUT2D eigenvalue weighted by Gasteiger charge is -2.19. The highest BCUT2D eigenvalue weighted by Gasteiger charge is 2.16. The van der Waals surface area contributed by atoms with Gasteiger partial charge in [-0.1, -0.05) is 12.8 Å². The maximum atomic E-state index is 12.2. The van der Waals surface area contributed by atoms with Crippen LogP contribution in [-0.4, -0.2) is 51.1 Å². The van der Waals surface area contributed by atoms with Crippen LogP contribution in [0.25, 0.3) is 0 Å². The van der Waals surface area contributed by atoms with Crippen LogP contribution < -0.4 is 11.1 Å². The summed E-state index contributed by atoms with van der Waals surface area (Å²) in [6, 6.07) is 0. The zero-order chi connectivity index (χ0) is 15.1. The molecule has 0 atom stereocenters. The Morgan fingerprint density at radius 3 is 2.55 bits per heavy atom. The standard InChI is InChI=1S/C13H22N6O2.ClH/c14-6-5-11(20)16-13-15-10-19(17-13)9-12(21)18-7-3-1-2-4-8-18;/h10H,1-9,14H2,(H,16,17,20);1H. The molecule has 2 amide bonds. The van der Waals surface area contributed by atoms with Gasteiger partial charge in [-0.15, -0.1) is 17.5 Å². The lowest BCUT2D eigenvalue weighted by molar-refractivity contribution is -0.132. The molecule has 8 nitrogen and oxygen atoms in total. The zero-order valence-corrected chi connectivity index (χ0v) is 13.3. The first kappa shape index (κ1) is 18.4. The molecule has 1 aromatic rings. The number of rotatable bonds is 5. The minimum Gasteiger partial charge on any atom is -0.341 e. The molecule has 1 aromatic heterocycles. The number of nitrogens with two attached hydrogens (primary N) is 1. The predicted octanol–water partition coefficient (Wildman–Crippen LogP) is 0.390. The molecule has 1 saturated heterocycles. The van der Waals surface area contributed by atoms with Crippen molar-refractivity contribution >= 4 is 30.2 Å². The number of carbonyl (C=O) groups is 2. The quantitative estimate of drug-likeness (QED) is 0.812. The third kappa shape index (κ3) is 5.61. The van der Waals surface area contributed by atoms with E-state index in [9.17, 15) is 9.59 Å². The van der Waals surface area contributed by atoms with E-state index in [-0.39, 0.29) is 49.7 Å². The van der Waals surface area contributed by atoms with Gasteiger partial charge in [0, 0.05) is 26.1 Å². The second-order valence-electron chi connectivity index (χ2n) is 5.15. The van der Waals surface area contributed by atoms with E-state index in [4.69, 9.17) is 5.73 Å². The minimum atomic E-state index is -0.228. The molecule has 1 aliphatic heterocycles. The van der Waals surface area contributed by atoms with E-state index in [1.165, 1.54) is 23.9 Å². The van der Waals surface area contributed by atoms with E-state index in [1.807, 2.05) is 4.90 Å². The number of halogens is 1. The van der Waals surface area contributed by atoms with Gasteiger partial charge < -0.3 is 10.6 Å². The first-order chi connectivity index (χ1) is 10.2. The van der Waals surface area contributed by atoms with Gasteiger partial charge in [-0.25, -0.2) is 9.67 Å². The normalized spacial score (nSPS) is 14.9. The highest BCUT2D eigenvalue weighted by Crippen LogP contribution is 2.10. The Bertz CT molecular complexity index is 485. The van der Waals surface area contributed by atoms with Crippen LogP contribution >= 0.6 is 12.4 Å². The van der Waals surface area contributed by atoms with Gasteiger partial charge in [-0.3, -0.25) is 14.9 Å². The van der Waals surface area contributed by atoms with Crippen LogP contribution in [0.5, 0.6) is 0 Å². The van der Waals surface area contributed by atoms with Gasteiger partial charge in [0.15, 0.2) is 0 Å². The van der Waals surface area contributed by atoms with Crippen molar-refractivity contribution in [2.45, 2.75) is 38.6 Å². The summed E-state index contributed by atoms with van der Waals surface area (Å²) in [6.45, 7) is 2.06. The summed E-state index contributed by atoms with van der Waals surface area (Å²) >= 11 is 0. The summed E-state index contributed by atoms with van der Waals surface area (Å²) in [5, 5.41) is 6.62. The van der Waals surface area contributed by atoms with Crippen LogP contribution in [0.3, 0.4) is 0 Å². The lowest BCUT2D eigenvalue weighted by atomic mass is 10.2. The van der Waals surface area contributed by atoms with Crippen molar-refractivity contribution in [3.05, 3.63) is 6.33 Å². The summed E-state index contributed by atoms with van der Waals surface area (Å²) in [6.07, 6.45) is 6.16. The molecule has 0 aliphatic carbocycles. The molecule has 2 heterocycles. The largest absolute Gasteiger partial charge is 0.341 e. The Balaban J connectivity index is 0.00000242. The molecular weight excluding hydrogens is 308 g/mol. The summed E-state index contributed by atoms with van der Waals surface area (Å²) in [4.78, 5) is 29.4. The maximum Gasteiger partial charge on any atom is 0.248 e. The van der Waals surface area contributed by atoms with E-state index in [2.05, 4.69) is 15.4 Å². The van der Waals surface area contributed by atoms with Crippen molar-refractivity contribution in [1.29, 1.82) is 0 Å². The molecule has 22 heavy (non-hydrogen) atoms. The second-order valence-corrected chi connectivity index (χ2v) is 5.15. The molecule has 3 N–H and O–H groups in total. The minimum absolute atomic E-state index is 0. The Morgan fingerprint density at radius 1 is 1.23 bits per heavy atom. The molecule has 0 spiro atoms. The lowest BCUT2D eigenvalue weighted by Crippen LogP contribution is -2.34. The molecule has 2 rings (SSSR count). The zero-order valence-electron chi connectivity index (χ0n) is 12.5. The number of nitrogens with one attached hydrogen (secondary N) is 1. The number of amides is 2. The summed E-state index contributed by atoms with van der Waals surface area (Å²) < 4.78 is 1.45. The van der Waals surface area contributed by atoms with Crippen molar-refractivity contribution in [3.63, 3.8) is 0 Å². The van der Waals surface area contributed by atoms with Crippen LogP contribution in [0.2, 0.25) is 0 Å². The molecule has 0 radical (unpaired) electrons. The number of carbonyl (C=O) groups excluding carboxylic acids is 2. The monoisotopic (exact) mass is 330 g/mol. The Kier molecular flexibility index (Phi) is 7.83. The molecule has 0 saturated carbocycles. The van der Waals surface area contributed by atoms with E-state index >= 15 is 0 Å². The fourth-order valence-electron chi connectivity index (χ4n) is 2.31. The van der Waals surface area contributed by atoms with Crippen LogP contribution in [0.1, 0.15) is 32.1 Å². The molecular formula is C13H23ClN6O2. The van der Waals surface area contributed by atoms with Gasteiger partial charge in [0.2, 0.25) is 17.8 Å². The summed E-state index contributed by atoms with van der Waals surface area (Å²) in [5.41, 5.74) is 5.29. The van der Waals surface area contributed by atoms with E-state index < -0.39 is 0 Å². The highest BCUT2D eigenvalue weighted by atomic mass is 35.5. The summed E-state index contributed by atoms with van der Waals surface area (Å²) in [7, 11) is 0. The summed E-state index contributed by atoms with van der Waals surface area (Å²) in [5.74, 6) is 0.0212. The average Bonchev–Trinajstić information content (AvgIpc) is 2.73. The third-order valence-electron chi connectivity index (χ3n) is 3.42. The van der Waals surface area contributed by atoms with Crippen LogP contribution in [0.4, 0.5) is 5.95 Å². The number of anilines is 1. The number of likely N-dealkylation sites (tertiary alicyclic amines) is 1. The topological polar surface area (TPSA) is 106 Å². The molecule has 9 heteroatoms. The molecule has 0 unspecified atom stereocenters. The van der Waals surface area contributed by atoms with Crippen molar-refractivity contribution in [1.82, 2.24) is 19.7 Å². The van der Waals surface area contributed by atoms with Crippen LogP contribution in [-0.2, 0) is 16.1 Å². The van der Waals surface area contributed by atoms with E-state index in [0.29, 0.717) is 0 Å². The van der Waals surface area contributed by atoms with Crippen molar-refractivity contribution in [2.75, 3.05) is 25.0 Å². The predicted molar refractivity (Wildman–Crippen MR) is 84.6 cm³/mol. The van der Waals surface area contributed by atoms with Crippen molar-refractivity contribution in [3.8, 4) is 0 Å². The fourth-order valence-corrected chi connectivity index (χ4v) is 2.31. The Hall–Kier alpha value is -1.67. The third-order valence-corrected chi connectivity index (χ3v) is 3.42. The number of aromatic nitrogens is 3. The van der Waals surface area contributed by atoms with Gasteiger partial charge in [-0.2, -0.15) is 0 Å². The van der Waals surface area contributed by atoms with Crippen LogP contribution in [0, 0.1) is 0 Å². The van der Waals surface area contributed by atoms with Crippen LogP contribution in [0.15, 0.2) is 6.33 Å². The Labute approximate surface area is 135 Å². The van der Waals surface area contributed by atoms with Gasteiger partial charge in [0.1, 0.15) is 12.9 Å². The first-order valence-corrected chi connectivity index (χ1v) is 7.36. The SMILES string of the molecule is Cl.NCCC(=O)Nc1ncn(CC(=O)N2CCCCCC2)n1. The average molecular weight is 331 g/mol. The van der Waals surface area contributed by atoms with E-state index in [0.717, 1.165) is 25.9 Å². The van der Waals surface area contributed by atoms with Crippen molar-refractivity contribution < 1.29 is 9.59 Å². The molecule has 0 bridgehead atoms. The van der Waals surface area contributed by atoms with Gasteiger partial charge in [-0.05, 0) is 12.8 Å². The highest BCUT2D eigenvalue weighted by molar-refractivity contribution is 5.88. The number of nitrogens with zero attached hydrogens (tertiary/aromatic N) is 4. The number of hydrogen-bond acceptors (Lipinski definition) is 5. The van der Waals surface area contributed by atoms with Gasteiger partial charge in [0.25, 0.3) is 0 Å². The Morgan fingerprint density at radius 2 is 1.91 bits per heavy atom. The first-order valence-electron chi connectivity index (χ1n) is 7.36. The number of hydrogen-bond donors (Lipinski definition) is 2.